The van der Waals surface area contributed by atoms with E-state index in [0.29, 0.717) is 18.1 Å². The number of anilines is 1. The zero-order chi connectivity index (χ0) is 13.7. The fourth-order valence-corrected chi connectivity index (χ4v) is 2.46. The van der Waals surface area contributed by atoms with Crippen molar-refractivity contribution in [2.75, 3.05) is 18.9 Å². The van der Waals surface area contributed by atoms with Crippen LogP contribution in [0.2, 0.25) is 0 Å². The number of nitrogens with zero attached hydrogens (tertiary/aromatic N) is 1. The number of aryl methyl sites for hydroxylation is 1. The van der Waals surface area contributed by atoms with Crippen molar-refractivity contribution < 1.29 is 4.79 Å². The Bertz CT molecular complexity index is 571. The third-order valence-corrected chi connectivity index (χ3v) is 3.53. The Hall–Kier alpha value is -1.43. The van der Waals surface area contributed by atoms with Gasteiger partial charge in [-0.2, -0.15) is 0 Å². The number of hydrogen-bond donors (Lipinski definition) is 2. The summed E-state index contributed by atoms with van der Waals surface area (Å²) in [6.45, 7) is 2.72. The average molecular weight is 312 g/mol. The van der Waals surface area contributed by atoms with E-state index in [0.717, 1.165) is 11.3 Å². The lowest BCUT2D eigenvalue weighted by molar-refractivity contribution is -0.116. The summed E-state index contributed by atoms with van der Waals surface area (Å²) < 4.78 is 0. The van der Waals surface area contributed by atoms with Crippen molar-refractivity contribution in [1.29, 1.82) is 0 Å². The number of amides is 1. The lowest BCUT2D eigenvalue weighted by atomic mass is 10.1. The minimum atomic E-state index is -0.0139. The monoisotopic (exact) mass is 311 g/mol. The van der Waals surface area contributed by atoms with Crippen LogP contribution >= 0.6 is 23.7 Å². The molecular formula is C14H18ClN3OS. The molecule has 0 aliphatic heterocycles. The first-order chi connectivity index (χ1) is 9.20. The highest BCUT2D eigenvalue weighted by Gasteiger charge is 2.08. The Morgan fingerprint density at radius 3 is 2.80 bits per heavy atom. The van der Waals surface area contributed by atoms with Crippen molar-refractivity contribution in [3.05, 3.63) is 35.2 Å². The molecule has 108 valence electrons. The number of benzene rings is 1. The molecule has 20 heavy (non-hydrogen) atoms. The Kier molecular flexibility index (Phi) is 6.64. The molecule has 2 aromatic rings. The van der Waals surface area contributed by atoms with Gasteiger partial charge in [0.05, 0.1) is 5.69 Å². The molecule has 0 bridgehead atoms. The van der Waals surface area contributed by atoms with Gasteiger partial charge in [0, 0.05) is 23.9 Å². The maximum Gasteiger partial charge on any atom is 0.227 e. The van der Waals surface area contributed by atoms with Gasteiger partial charge in [0.1, 0.15) is 0 Å². The molecule has 0 radical (unpaired) electrons. The van der Waals surface area contributed by atoms with Crippen LogP contribution in [0.3, 0.4) is 0 Å². The van der Waals surface area contributed by atoms with Crippen LogP contribution in [0, 0.1) is 6.92 Å². The van der Waals surface area contributed by atoms with Crippen molar-refractivity contribution in [3.8, 4) is 11.3 Å². The third-order valence-electron chi connectivity index (χ3n) is 2.77. The van der Waals surface area contributed by atoms with E-state index < -0.39 is 0 Å². The number of aromatic nitrogens is 1. The van der Waals surface area contributed by atoms with Gasteiger partial charge < -0.3 is 10.6 Å². The normalized spacial score (nSPS) is 9.90. The second-order valence-electron chi connectivity index (χ2n) is 4.25. The predicted octanol–water partition coefficient (Wildman–Crippen LogP) is 3.09. The Morgan fingerprint density at radius 2 is 2.10 bits per heavy atom. The minimum absolute atomic E-state index is 0. The van der Waals surface area contributed by atoms with Gasteiger partial charge in [-0.15, -0.1) is 23.7 Å². The molecule has 4 nitrogen and oxygen atoms in total. The highest BCUT2D eigenvalue weighted by molar-refractivity contribution is 7.14. The second-order valence-corrected chi connectivity index (χ2v) is 5.11. The molecule has 2 rings (SSSR count). The maximum absolute atomic E-state index is 11.6. The summed E-state index contributed by atoms with van der Waals surface area (Å²) in [6, 6.07) is 8.09. The fourth-order valence-electron chi connectivity index (χ4n) is 1.74. The van der Waals surface area contributed by atoms with Gasteiger partial charge in [0.2, 0.25) is 5.91 Å². The Balaban J connectivity index is 0.00000200. The lowest BCUT2D eigenvalue weighted by Crippen LogP contribution is -2.18. The fraction of sp³-hybridized carbons (Fsp3) is 0.286. The number of rotatable bonds is 5. The molecule has 0 saturated carbocycles. The van der Waals surface area contributed by atoms with Crippen molar-refractivity contribution in [1.82, 2.24) is 10.3 Å². The summed E-state index contributed by atoms with van der Waals surface area (Å²) >= 11 is 1.45. The lowest BCUT2D eigenvalue weighted by Gasteiger charge is -2.02. The number of carbonyl (C=O) groups is 1. The van der Waals surface area contributed by atoms with Crippen LogP contribution in [-0.4, -0.2) is 24.5 Å². The van der Waals surface area contributed by atoms with Crippen LogP contribution in [0.1, 0.15) is 12.0 Å². The molecule has 1 aromatic heterocycles. The van der Waals surface area contributed by atoms with E-state index in [1.807, 2.05) is 30.6 Å². The second kappa shape index (κ2) is 7.99. The van der Waals surface area contributed by atoms with Crippen molar-refractivity contribution in [2.45, 2.75) is 13.3 Å². The van der Waals surface area contributed by atoms with Crippen LogP contribution in [0.15, 0.2) is 29.6 Å². The summed E-state index contributed by atoms with van der Waals surface area (Å²) in [7, 11) is 1.83. The maximum atomic E-state index is 11.6. The molecule has 0 saturated heterocycles. The molecule has 0 spiro atoms. The van der Waals surface area contributed by atoms with Gasteiger partial charge >= 0.3 is 0 Å². The van der Waals surface area contributed by atoms with Gasteiger partial charge in [-0.1, -0.05) is 24.3 Å². The summed E-state index contributed by atoms with van der Waals surface area (Å²) in [4.78, 5) is 16.1. The molecule has 1 aromatic carbocycles. The number of hydrogen-bond acceptors (Lipinski definition) is 4. The number of nitrogens with one attached hydrogen (secondary N) is 2. The molecule has 0 unspecified atom stereocenters. The van der Waals surface area contributed by atoms with Crippen LogP contribution < -0.4 is 10.6 Å². The molecule has 0 aliphatic rings. The van der Waals surface area contributed by atoms with E-state index in [-0.39, 0.29) is 18.3 Å². The summed E-state index contributed by atoms with van der Waals surface area (Å²) in [5.74, 6) is -0.0139. The van der Waals surface area contributed by atoms with Crippen LogP contribution in [0.4, 0.5) is 5.13 Å². The zero-order valence-electron chi connectivity index (χ0n) is 11.5. The SMILES string of the molecule is CNCCC(=O)Nc1nc(-c2ccccc2C)cs1.Cl. The van der Waals surface area contributed by atoms with Gasteiger partial charge in [0.15, 0.2) is 5.13 Å². The molecule has 0 aliphatic carbocycles. The first-order valence-corrected chi connectivity index (χ1v) is 7.04. The number of halogens is 1. The number of carbonyl (C=O) groups excluding carboxylic acids is 1. The predicted molar refractivity (Wildman–Crippen MR) is 86.7 cm³/mol. The number of thiazole rings is 1. The van der Waals surface area contributed by atoms with Gasteiger partial charge in [-0.3, -0.25) is 4.79 Å². The molecular weight excluding hydrogens is 294 g/mol. The van der Waals surface area contributed by atoms with E-state index in [2.05, 4.69) is 28.6 Å². The highest BCUT2D eigenvalue weighted by atomic mass is 35.5. The van der Waals surface area contributed by atoms with E-state index in [1.165, 1.54) is 16.9 Å². The van der Waals surface area contributed by atoms with E-state index in [1.54, 1.807) is 0 Å². The highest BCUT2D eigenvalue weighted by Crippen LogP contribution is 2.27. The molecule has 0 atom stereocenters. The van der Waals surface area contributed by atoms with E-state index >= 15 is 0 Å². The van der Waals surface area contributed by atoms with Crippen molar-refractivity contribution >= 4 is 34.8 Å². The zero-order valence-corrected chi connectivity index (χ0v) is 13.1. The Labute approximate surface area is 129 Å². The Morgan fingerprint density at radius 1 is 1.35 bits per heavy atom. The van der Waals surface area contributed by atoms with Crippen molar-refractivity contribution in [2.24, 2.45) is 0 Å². The molecule has 6 heteroatoms. The van der Waals surface area contributed by atoms with E-state index in [4.69, 9.17) is 0 Å². The largest absolute Gasteiger partial charge is 0.319 e. The molecule has 0 fully saturated rings. The van der Waals surface area contributed by atoms with Gasteiger partial charge in [0.25, 0.3) is 0 Å². The summed E-state index contributed by atoms with van der Waals surface area (Å²) in [5, 5.41) is 8.38. The van der Waals surface area contributed by atoms with Gasteiger partial charge in [-0.25, -0.2) is 4.98 Å². The van der Waals surface area contributed by atoms with E-state index in [9.17, 15) is 4.79 Å². The van der Waals surface area contributed by atoms with Gasteiger partial charge in [-0.05, 0) is 19.5 Å². The summed E-state index contributed by atoms with van der Waals surface area (Å²) in [6.07, 6.45) is 0.454. The minimum Gasteiger partial charge on any atom is -0.319 e. The quantitative estimate of drug-likeness (QED) is 0.892. The average Bonchev–Trinajstić information content (AvgIpc) is 2.85. The molecule has 1 amide bonds. The van der Waals surface area contributed by atoms with Crippen LogP contribution in [0.25, 0.3) is 11.3 Å². The van der Waals surface area contributed by atoms with Crippen LogP contribution in [-0.2, 0) is 4.79 Å². The van der Waals surface area contributed by atoms with Crippen LogP contribution in [0.5, 0.6) is 0 Å². The van der Waals surface area contributed by atoms with Crippen molar-refractivity contribution in [3.63, 3.8) is 0 Å². The smallest absolute Gasteiger partial charge is 0.227 e. The first-order valence-electron chi connectivity index (χ1n) is 6.16. The first kappa shape index (κ1) is 16.6. The standard InChI is InChI=1S/C14H17N3OS.ClH/c1-10-5-3-4-6-11(10)12-9-19-14(16-12)17-13(18)7-8-15-2;/h3-6,9,15H,7-8H2,1-2H3,(H,16,17,18);1H. The molecule has 1 heterocycles. The third kappa shape index (κ3) is 4.30. The molecule has 2 N–H and O–H groups in total. The summed E-state index contributed by atoms with van der Waals surface area (Å²) in [5.41, 5.74) is 3.20. The topological polar surface area (TPSA) is 54.0 Å².